The number of amides is 2. The predicted octanol–water partition coefficient (Wildman–Crippen LogP) is 5.79. The highest BCUT2D eigenvalue weighted by Crippen LogP contribution is 2.38. The molecule has 1 aliphatic rings. The average molecular weight is 504 g/mol. The van der Waals surface area contributed by atoms with Crippen molar-refractivity contribution in [1.82, 2.24) is 24.6 Å². The monoisotopic (exact) mass is 503 g/mol. The lowest BCUT2D eigenvalue weighted by Gasteiger charge is -2.31. The fourth-order valence-corrected chi connectivity index (χ4v) is 5.16. The van der Waals surface area contributed by atoms with Gasteiger partial charge in [-0.3, -0.25) is 0 Å². The van der Waals surface area contributed by atoms with E-state index >= 15 is 0 Å². The molecular formula is C31H29N5O2. The van der Waals surface area contributed by atoms with E-state index in [0.29, 0.717) is 13.1 Å². The summed E-state index contributed by atoms with van der Waals surface area (Å²) in [4.78, 5) is 15.8. The second-order valence-corrected chi connectivity index (χ2v) is 9.39. The molecule has 3 aromatic carbocycles. The van der Waals surface area contributed by atoms with E-state index in [-0.39, 0.29) is 12.1 Å². The van der Waals surface area contributed by atoms with Crippen molar-refractivity contribution in [3.63, 3.8) is 0 Å². The molecule has 1 aliphatic heterocycles. The summed E-state index contributed by atoms with van der Waals surface area (Å²) in [6.07, 6.45) is 2.05. The molecule has 5 aromatic rings. The average Bonchev–Trinajstić information content (AvgIpc) is 3.53. The molecule has 0 aliphatic carbocycles. The molecule has 1 N–H and O–H groups in total. The van der Waals surface area contributed by atoms with Gasteiger partial charge in [0.15, 0.2) is 0 Å². The third-order valence-electron chi connectivity index (χ3n) is 7.07. The number of rotatable bonds is 5. The number of methoxy groups -OCH3 is 1. The Labute approximate surface area is 221 Å². The number of nitrogens with zero attached hydrogens (tertiary/aromatic N) is 4. The largest absolute Gasteiger partial charge is 0.497 e. The Balaban J connectivity index is 1.48. The lowest BCUT2D eigenvalue weighted by molar-refractivity contribution is 0.180. The number of hydrogen-bond donors (Lipinski definition) is 1. The third kappa shape index (κ3) is 4.22. The van der Waals surface area contributed by atoms with E-state index in [9.17, 15) is 4.79 Å². The molecule has 3 heterocycles. The molecule has 6 rings (SSSR count). The SMILES string of the molecule is COc1ccc([C@H]2c3cccn3-c3c(c(C)nn3-c3ccccc3)CN2C(=O)NCc2ccccc2)cc1. The smallest absolute Gasteiger partial charge is 0.318 e. The molecule has 0 unspecified atom stereocenters. The van der Waals surface area contributed by atoms with Gasteiger partial charge in [0.2, 0.25) is 0 Å². The molecule has 7 heteroatoms. The van der Waals surface area contributed by atoms with Gasteiger partial charge in [-0.15, -0.1) is 0 Å². The van der Waals surface area contributed by atoms with Gasteiger partial charge in [-0.2, -0.15) is 5.10 Å². The maximum atomic E-state index is 13.9. The Morgan fingerprint density at radius 3 is 2.37 bits per heavy atom. The second kappa shape index (κ2) is 9.94. The molecule has 2 amide bonds. The summed E-state index contributed by atoms with van der Waals surface area (Å²) in [5.41, 5.74) is 5.91. The van der Waals surface area contributed by atoms with Crippen LogP contribution in [0.3, 0.4) is 0 Å². The number of carbonyl (C=O) groups excluding carboxylic acids is 1. The number of para-hydroxylation sites is 1. The van der Waals surface area contributed by atoms with Crippen LogP contribution in [0, 0.1) is 6.92 Å². The number of carbonyl (C=O) groups is 1. The number of benzene rings is 3. The van der Waals surface area contributed by atoms with Crippen molar-refractivity contribution in [2.75, 3.05) is 7.11 Å². The highest BCUT2D eigenvalue weighted by molar-refractivity contribution is 5.76. The molecule has 0 fully saturated rings. The number of aromatic nitrogens is 3. The fourth-order valence-electron chi connectivity index (χ4n) is 5.16. The van der Waals surface area contributed by atoms with Crippen LogP contribution in [-0.2, 0) is 13.1 Å². The van der Waals surface area contributed by atoms with E-state index in [1.54, 1.807) is 7.11 Å². The fraction of sp³-hybridized carbons (Fsp3) is 0.161. The second-order valence-electron chi connectivity index (χ2n) is 9.39. The normalized spacial score (nSPS) is 14.4. The van der Waals surface area contributed by atoms with Crippen molar-refractivity contribution in [2.45, 2.75) is 26.1 Å². The Hall–Kier alpha value is -4.78. The van der Waals surface area contributed by atoms with Gasteiger partial charge < -0.3 is 19.5 Å². The number of aryl methyl sites for hydroxylation is 1. The zero-order valence-corrected chi connectivity index (χ0v) is 21.4. The van der Waals surface area contributed by atoms with Gasteiger partial charge in [0.25, 0.3) is 0 Å². The molecule has 1 atom stereocenters. The Morgan fingerprint density at radius 2 is 1.66 bits per heavy atom. The summed E-state index contributed by atoms with van der Waals surface area (Å²) < 4.78 is 9.55. The van der Waals surface area contributed by atoms with E-state index in [1.807, 2.05) is 108 Å². The number of urea groups is 1. The molecule has 0 saturated heterocycles. The minimum Gasteiger partial charge on any atom is -0.497 e. The van der Waals surface area contributed by atoms with Crippen molar-refractivity contribution in [2.24, 2.45) is 0 Å². The first-order valence-electron chi connectivity index (χ1n) is 12.7. The van der Waals surface area contributed by atoms with E-state index < -0.39 is 0 Å². The molecule has 0 spiro atoms. The van der Waals surface area contributed by atoms with Gasteiger partial charge in [-0.1, -0.05) is 60.7 Å². The van der Waals surface area contributed by atoms with Gasteiger partial charge >= 0.3 is 6.03 Å². The van der Waals surface area contributed by atoms with Crippen molar-refractivity contribution in [3.05, 3.63) is 131 Å². The van der Waals surface area contributed by atoms with E-state index in [1.165, 1.54) is 0 Å². The van der Waals surface area contributed by atoms with Crippen LogP contribution in [0.15, 0.2) is 103 Å². The third-order valence-corrected chi connectivity index (χ3v) is 7.07. The summed E-state index contributed by atoms with van der Waals surface area (Å²) in [5.74, 6) is 1.72. The molecule has 190 valence electrons. The quantitative estimate of drug-likeness (QED) is 0.330. The highest BCUT2D eigenvalue weighted by Gasteiger charge is 2.35. The molecule has 0 saturated carbocycles. The lowest BCUT2D eigenvalue weighted by atomic mass is 10.0. The first kappa shape index (κ1) is 23.6. The first-order chi connectivity index (χ1) is 18.6. The summed E-state index contributed by atoms with van der Waals surface area (Å²) >= 11 is 0. The maximum Gasteiger partial charge on any atom is 0.318 e. The highest BCUT2D eigenvalue weighted by atomic mass is 16.5. The topological polar surface area (TPSA) is 64.3 Å². The molecule has 2 aromatic heterocycles. The van der Waals surface area contributed by atoms with Crippen LogP contribution in [0.25, 0.3) is 11.5 Å². The summed E-state index contributed by atoms with van der Waals surface area (Å²) in [6, 6.07) is 31.7. The molecular weight excluding hydrogens is 474 g/mol. The number of fused-ring (bicyclic) bond motifs is 3. The van der Waals surface area contributed by atoms with Crippen molar-refractivity contribution < 1.29 is 9.53 Å². The number of hydrogen-bond acceptors (Lipinski definition) is 3. The van der Waals surface area contributed by atoms with Gasteiger partial charge in [-0.05, 0) is 54.4 Å². The lowest BCUT2D eigenvalue weighted by Crippen LogP contribution is -2.41. The van der Waals surface area contributed by atoms with Crippen LogP contribution < -0.4 is 10.1 Å². The van der Waals surface area contributed by atoms with Crippen LogP contribution >= 0.6 is 0 Å². The van der Waals surface area contributed by atoms with Crippen LogP contribution in [0.1, 0.15) is 34.1 Å². The summed E-state index contributed by atoms with van der Waals surface area (Å²) in [7, 11) is 1.66. The van der Waals surface area contributed by atoms with Crippen LogP contribution in [0.4, 0.5) is 4.79 Å². The molecule has 7 nitrogen and oxygen atoms in total. The first-order valence-corrected chi connectivity index (χ1v) is 12.7. The van der Waals surface area contributed by atoms with E-state index in [0.717, 1.165) is 45.3 Å². The molecule has 38 heavy (non-hydrogen) atoms. The van der Waals surface area contributed by atoms with Crippen molar-refractivity contribution in [3.8, 4) is 17.3 Å². The number of nitrogens with one attached hydrogen (secondary N) is 1. The van der Waals surface area contributed by atoms with E-state index in [4.69, 9.17) is 9.84 Å². The standard InChI is InChI=1S/C31H29N5O2/c1-22-27-21-35(31(37)32-20-23-10-5-3-6-11-23)29(24-15-17-26(38-2)18-16-24)28-14-9-19-34(28)30(27)36(33-22)25-12-7-4-8-13-25/h3-19,29H,20-21H2,1-2H3,(H,32,37)/t29-/m0/s1. The summed E-state index contributed by atoms with van der Waals surface area (Å²) in [6.45, 7) is 2.86. The van der Waals surface area contributed by atoms with Crippen LogP contribution in [0.2, 0.25) is 0 Å². The Morgan fingerprint density at radius 1 is 0.947 bits per heavy atom. The van der Waals surface area contributed by atoms with Crippen molar-refractivity contribution >= 4 is 6.03 Å². The van der Waals surface area contributed by atoms with Gasteiger partial charge in [0, 0.05) is 18.3 Å². The minimum atomic E-state index is -0.317. The zero-order chi connectivity index (χ0) is 26.1. The van der Waals surface area contributed by atoms with Crippen LogP contribution in [-0.4, -0.2) is 32.4 Å². The summed E-state index contributed by atoms with van der Waals surface area (Å²) in [5, 5.41) is 8.07. The van der Waals surface area contributed by atoms with Gasteiger partial charge in [-0.25, -0.2) is 9.48 Å². The number of ether oxygens (including phenoxy) is 1. The molecule has 0 bridgehead atoms. The van der Waals surface area contributed by atoms with Gasteiger partial charge in [0.05, 0.1) is 36.8 Å². The Kier molecular flexibility index (Phi) is 6.17. The van der Waals surface area contributed by atoms with E-state index in [2.05, 4.69) is 22.1 Å². The Bertz CT molecular complexity index is 1560. The van der Waals surface area contributed by atoms with Gasteiger partial charge in [0.1, 0.15) is 11.6 Å². The molecule has 0 radical (unpaired) electrons. The maximum absolute atomic E-state index is 13.9. The predicted molar refractivity (Wildman–Crippen MR) is 147 cm³/mol. The van der Waals surface area contributed by atoms with Crippen LogP contribution in [0.5, 0.6) is 5.75 Å². The minimum absolute atomic E-state index is 0.137. The van der Waals surface area contributed by atoms with Crippen molar-refractivity contribution in [1.29, 1.82) is 0 Å². The zero-order valence-electron chi connectivity index (χ0n) is 21.4.